The number of aliphatic hydroxyl groups is 1. The number of amides is 1. The first kappa shape index (κ1) is 12.7. The first-order chi connectivity index (χ1) is 7.80. The maximum atomic E-state index is 12.0. The molecule has 4 heteroatoms. The van der Waals surface area contributed by atoms with Crippen molar-refractivity contribution in [1.29, 1.82) is 0 Å². The molecule has 1 aliphatic heterocycles. The number of likely N-dealkylation sites (tertiary alicyclic amines) is 1. The van der Waals surface area contributed by atoms with Gasteiger partial charge < -0.3 is 14.7 Å². The van der Waals surface area contributed by atoms with Gasteiger partial charge in [-0.05, 0) is 45.4 Å². The zero-order valence-corrected chi connectivity index (χ0v) is 11.0. The van der Waals surface area contributed by atoms with Crippen LogP contribution in [0.15, 0.2) is 0 Å². The van der Waals surface area contributed by atoms with Gasteiger partial charge in [0.15, 0.2) is 0 Å². The summed E-state index contributed by atoms with van der Waals surface area (Å²) < 4.78 is 5.36. The third-order valence-electron chi connectivity index (χ3n) is 3.69. The van der Waals surface area contributed by atoms with Crippen LogP contribution in [0.2, 0.25) is 0 Å². The molecule has 2 rings (SSSR count). The zero-order valence-electron chi connectivity index (χ0n) is 11.0. The first-order valence-electron chi connectivity index (χ1n) is 6.46. The highest BCUT2D eigenvalue weighted by Crippen LogP contribution is 2.47. The van der Waals surface area contributed by atoms with E-state index in [1.165, 1.54) is 6.42 Å². The summed E-state index contributed by atoms with van der Waals surface area (Å²) in [6, 6.07) is 0. The maximum absolute atomic E-state index is 12.0. The Hall–Kier alpha value is -0.770. The van der Waals surface area contributed by atoms with Crippen LogP contribution in [0.1, 0.15) is 46.5 Å². The monoisotopic (exact) mass is 241 g/mol. The highest BCUT2D eigenvalue weighted by atomic mass is 16.6. The van der Waals surface area contributed by atoms with E-state index in [2.05, 4.69) is 0 Å². The second kappa shape index (κ2) is 4.16. The Labute approximate surface area is 103 Å². The second-order valence-electron chi connectivity index (χ2n) is 6.57. The molecule has 0 radical (unpaired) electrons. The van der Waals surface area contributed by atoms with E-state index in [0.717, 1.165) is 25.8 Å². The van der Waals surface area contributed by atoms with E-state index in [1.807, 2.05) is 20.8 Å². The van der Waals surface area contributed by atoms with Crippen LogP contribution >= 0.6 is 0 Å². The Kier molecular flexibility index (Phi) is 3.10. The number of carbonyl (C=O) groups excluding carboxylic acids is 1. The smallest absolute Gasteiger partial charge is 0.410 e. The van der Waals surface area contributed by atoms with Crippen molar-refractivity contribution in [2.45, 2.75) is 58.2 Å². The van der Waals surface area contributed by atoms with E-state index in [0.29, 0.717) is 6.54 Å². The van der Waals surface area contributed by atoms with Crippen LogP contribution in [-0.2, 0) is 4.74 Å². The van der Waals surface area contributed by atoms with Crippen molar-refractivity contribution in [2.24, 2.45) is 5.41 Å². The van der Waals surface area contributed by atoms with E-state index in [9.17, 15) is 9.90 Å². The molecule has 1 atom stereocenters. The van der Waals surface area contributed by atoms with Crippen molar-refractivity contribution in [3.05, 3.63) is 0 Å². The van der Waals surface area contributed by atoms with Gasteiger partial charge in [-0.25, -0.2) is 4.79 Å². The molecule has 2 aliphatic rings. The van der Waals surface area contributed by atoms with Crippen molar-refractivity contribution in [3.63, 3.8) is 0 Å². The summed E-state index contributed by atoms with van der Waals surface area (Å²) in [4.78, 5) is 13.7. The molecule has 1 N–H and O–H groups in total. The molecule has 1 saturated heterocycles. The van der Waals surface area contributed by atoms with Gasteiger partial charge in [0.1, 0.15) is 5.60 Å². The minimum atomic E-state index is -0.466. The number of rotatable bonds is 0. The minimum absolute atomic E-state index is 0.175. The van der Waals surface area contributed by atoms with Gasteiger partial charge in [-0.1, -0.05) is 6.42 Å². The molecular weight excluding hydrogens is 218 g/mol. The number of piperidine rings is 1. The average molecular weight is 241 g/mol. The fraction of sp³-hybridized carbons (Fsp3) is 0.923. The SMILES string of the molecule is CC(C)(C)OC(=O)N1CC(O)CC2(CCC2)C1. The standard InChI is InChI=1S/C13H23NO3/c1-12(2,3)17-11(16)14-8-10(15)7-13(9-14)5-4-6-13/h10,15H,4-9H2,1-3H3. The van der Waals surface area contributed by atoms with Gasteiger partial charge >= 0.3 is 6.09 Å². The summed E-state index contributed by atoms with van der Waals surface area (Å²) in [6.45, 7) is 6.76. The van der Waals surface area contributed by atoms with Crippen LogP contribution in [0.4, 0.5) is 4.79 Å². The fourth-order valence-corrected chi connectivity index (χ4v) is 2.86. The Morgan fingerprint density at radius 1 is 1.41 bits per heavy atom. The van der Waals surface area contributed by atoms with E-state index in [-0.39, 0.29) is 11.5 Å². The molecular formula is C13H23NO3. The molecule has 98 valence electrons. The normalized spacial score (nSPS) is 27.8. The van der Waals surface area contributed by atoms with Gasteiger partial charge in [0, 0.05) is 13.1 Å². The first-order valence-corrected chi connectivity index (χ1v) is 6.46. The van der Waals surface area contributed by atoms with Gasteiger partial charge in [-0.3, -0.25) is 0 Å². The molecule has 0 aromatic rings. The molecule has 1 aliphatic carbocycles. The van der Waals surface area contributed by atoms with Gasteiger partial charge in [0.05, 0.1) is 6.10 Å². The summed E-state index contributed by atoms with van der Waals surface area (Å²) >= 11 is 0. The lowest BCUT2D eigenvalue weighted by Crippen LogP contribution is -2.55. The van der Waals surface area contributed by atoms with Crippen molar-refractivity contribution < 1.29 is 14.6 Å². The lowest BCUT2D eigenvalue weighted by atomic mass is 9.64. The van der Waals surface area contributed by atoms with E-state index < -0.39 is 11.7 Å². The Bertz CT molecular complexity index is 304. The summed E-state index contributed by atoms with van der Waals surface area (Å²) in [7, 11) is 0. The van der Waals surface area contributed by atoms with Gasteiger partial charge in [0.2, 0.25) is 0 Å². The van der Waals surface area contributed by atoms with Gasteiger partial charge in [-0.15, -0.1) is 0 Å². The number of aliphatic hydroxyl groups excluding tert-OH is 1. The number of ether oxygens (including phenoxy) is 1. The number of carbonyl (C=O) groups is 1. The molecule has 0 aromatic carbocycles. The molecule has 1 heterocycles. The van der Waals surface area contributed by atoms with Crippen LogP contribution in [0.5, 0.6) is 0 Å². The maximum Gasteiger partial charge on any atom is 0.410 e. The Morgan fingerprint density at radius 2 is 2.06 bits per heavy atom. The van der Waals surface area contributed by atoms with Crippen molar-refractivity contribution >= 4 is 6.09 Å². The molecule has 0 bridgehead atoms. The molecule has 1 unspecified atom stereocenters. The van der Waals surface area contributed by atoms with Crippen molar-refractivity contribution in [3.8, 4) is 0 Å². The Balaban J connectivity index is 1.98. The third kappa shape index (κ3) is 2.92. The zero-order chi connectivity index (χ0) is 12.7. The van der Waals surface area contributed by atoms with Crippen molar-refractivity contribution in [2.75, 3.05) is 13.1 Å². The van der Waals surface area contributed by atoms with Gasteiger partial charge in [0.25, 0.3) is 0 Å². The van der Waals surface area contributed by atoms with Crippen LogP contribution in [0.3, 0.4) is 0 Å². The summed E-state index contributed by atoms with van der Waals surface area (Å²) in [5, 5.41) is 9.88. The number of nitrogens with zero attached hydrogens (tertiary/aromatic N) is 1. The molecule has 17 heavy (non-hydrogen) atoms. The molecule has 0 aromatic heterocycles. The number of hydrogen-bond donors (Lipinski definition) is 1. The second-order valence-corrected chi connectivity index (χ2v) is 6.57. The molecule has 4 nitrogen and oxygen atoms in total. The van der Waals surface area contributed by atoms with Crippen molar-refractivity contribution in [1.82, 2.24) is 4.90 Å². The lowest BCUT2D eigenvalue weighted by Gasteiger charge is -2.50. The predicted molar refractivity (Wildman–Crippen MR) is 64.7 cm³/mol. The quantitative estimate of drug-likeness (QED) is 0.707. The minimum Gasteiger partial charge on any atom is -0.444 e. The molecule has 2 fully saturated rings. The molecule has 1 amide bonds. The van der Waals surface area contributed by atoms with Gasteiger partial charge in [-0.2, -0.15) is 0 Å². The van der Waals surface area contributed by atoms with Crippen LogP contribution in [0.25, 0.3) is 0 Å². The number of hydrogen-bond acceptors (Lipinski definition) is 3. The predicted octanol–water partition coefficient (Wildman–Crippen LogP) is 2.16. The van der Waals surface area contributed by atoms with E-state index >= 15 is 0 Å². The largest absolute Gasteiger partial charge is 0.444 e. The topological polar surface area (TPSA) is 49.8 Å². The Morgan fingerprint density at radius 3 is 2.53 bits per heavy atom. The average Bonchev–Trinajstić information content (AvgIpc) is 2.11. The highest BCUT2D eigenvalue weighted by molar-refractivity contribution is 5.68. The van der Waals surface area contributed by atoms with Crippen LogP contribution in [0, 0.1) is 5.41 Å². The summed E-state index contributed by atoms with van der Waals surface area (Å²) in [5.41, 5.74) is -0.291. The summed E-state index contributed by atoms with van der Waals surface area (Å²) in [6.07, 6.45) is 3.63. The highest BCUT2D eigenvalue weighted by Gasteiger charge is 2.45. The molecule has 1 spiro atoms. The van der Waals surface area contributed by atoms with E-state index in [1.54, 1.807) is 4.90 Å². The fourth-order valence-electron chi connectivity index (χ4n) is 2.86. The van der Waals surface area contributed by atoms with E-state index in [4.69, 9.17) is 4.74 Å². The third-order valence-corrected chi connectivity index (χ3v) is 3.69. The lowest BCUT2D eigenvalue weighted by molar-refractivity contribution is -0.0584. The molecule has 1 saturated carbocycles. The van der Waals surface area contributed by atoms with Crippen LogP contribution < -0.4 is 0 Å². The summed E-state index contributed by atoms with van der Waals surface area (Å²) in [5.74, 6) is 0. The van der Waals surface area contributed by atoms with Crippen LogP contribution in [-0.4, -0.2) is 40.9 Å². The number of β-amino-alcohol motifs (C(OH)–C–C–N with tert-alkyl or cyclic N) is 1.